The molecule has 1 fully saturated rings. The van der Waals surface area contributed by atoms with Crippen LogP contribution in [0.1, 0.15) is 24.8 Å². The van der Waals surface area contributed by atoms with Gasteiger partial charge in [-0.1, -0.05) is 18.2 Å². The zero-order chi connectivity index (χ0) is 18.4. The fourth-order valence-corrected chi connectivity index (χ4v) is 4.10. The number of carbonyl (C=O) groups is 1. The SMILES string of the molecule is COCCN1CCC(CN(C)C(=O)C2CCOc3ccccc3C2)CC1. The van der Waals surface area contributed by atoms with Gasteiger partial charge in [-0.15, -0.1) is 0 Å². The quantitative estimate of drug-likeness (QED) is 0.781. The van der Waals surface area contributed by atoms with Crippen LogP contribution in [-0.2, 0) is 16.0 Å². The molecule has 5 heteroatoms. The zero-order valence-electron chi connectivity index (χ0n) is 16.2. The third-order valence-electron chi connectivity index (χ3n) is 5.74. The van der Waals surface area contributed by atoms with Crippen LogP contribution in [0.3, 0.4) is 0 Å². The molecule has 1 amide bonds. The second kappa shape index (κ2) is 9.38. The lowest BCUT2D eigenvalue weighted by molar-refractivity contribution is -0.135. The molecular weight excluding hydrogens is 328 g/mol. The maximum Gasteiger partial charge on any atom is 0.225 e. The van der Waals surface area contributed by atoms with Gasteiger partial charge in [0.15, 0.2) is 0 Å². The summed E-state index contributed by atoms with van der Waals surface area (Å²) in [6.45, 7) is 5.53. The first kappa shape index (κ1) is 19.2. The van der Waals surface area contributed by atoms with E-state index in [4.69, 9.17) is 9.47 Å². The molecule has 1 unspecified atom stereocenters. The van der Waals surface area contributed by atoms with Gasteiger partial charge in [-0.05, 0) is 56.3 Å². The predicted molar refractivity (Wildman–Crippen MR) is 102 cm³/mol. The Hall–Kier alpha value is -1.59. The van der Waals surface area contributed by atoms with Crippen molar-refractivity contribution < 1.29 is 14.3 Å². The van der Waals surface area contributed by atoms with E-state index in [9.17, 15) is 4.79 Å². The largest absolute Gasteiger partial charge is 0.493 e. The van der Waals surface area contributed by atoms with E-state index in [1.807, 2.05) is 30.1 Å². The van der Waals surface area contributed by atoms with Crippen LogP contribution in [0.25, 0.3) is 0 Å². The number of hydrogen-bond donors (Lipinski definition) is 0. The Balaban J connectivity index is 1.49. The zero-order valence-corrected chi connectivity index (χ0v) is 16.2. The summed E-state index contributed by atoms with van der Waals surface area (Å²) in [5.74, 6) is 1.85. The van der Waals surface area contributed by atoms with Crippen molar-refractivity contribution in [2.45, 2.75) is 25.7 Å². The average Bonchev–Trinajstić information content (AvgIpc) is 2.89. The molecule has 0 spiro atoms. The first-order valence-electron chi connectivity index (χ1n) is 9.84. The number of methoxy groups -OCH3 is 1. The molecule has 0 bridgehead atoms. The topological polar surface area (TPSA) is 42.0 Å². The number of ether oxygens (including phenoxy) is 2. The number of amides is 1. The minimum Gasteiger partial charge on any atom is -0.493 e. The molecule has 1 aromatic carbocycles. The molecule has 3 rings (SSSR count). The number of rotatable bonds is 6. The fourth-order valence-electron chi connectivity index (χ4n) is 4.10. The number of carbonyl (C=O) groups excluding carboxylic acids is 1. The first-order chi connectivity index (χ1) is 12.7. The maximum atomic E-state index is 13.0. The summed E-state index contributed by atoms with van der Waals surface area (Å²) >= 11 is 0. The summed E-state index contributed by atoms with van der Waals surface area (Å²) in [4.78, 5) is 17.4. The Labute approximate surface area is 157 Å². The molecule has 2 aliphatic heterocycles. The van der Waals surface area contributed by atoms with Crippen LogP contribution in [0, 0.1) is 11.8 Å². The van der Waals surface area contributed by atoms with Crippen molar-refractivity contribution in [3.63, 3.8) is 0 Å². The highest BCUT2D eigenvalue weighted by atomic mass is 16.5. The lowest BCUT2D eigenvalue weighted by Gasteiger charge is -2.34. The third-order valence-corrected chi connectivity index (χ3v) is 5.74. The van der Waals surface area contributed by atoms with Crippen LogP contribution in [0.15, 0.2) is 24.3 Å². The highest BCUT2D eigenvalue weighted by Gasteiger charge is 2.28. The van der Waals surface area contributed by atoms with Gasteiger partial charge in [-0.2, -0.15) is 0 Å². The summed E-state index contributed by atoms with van der Waals surface area (Å²) in [6.07, 6.45) is 3.91. The number of piperidine rings is 1. The monoisotopic (exact) mass is 360 g/mol. The van der Waals surface area contributed by atoms with Crippen molar-refractivity contribution in [1.29, 1.82) is 0 Å². The maximum absolute atomic E-state index is 13.0. The molecule has 2 heterocycles. The van der Waals surface area contributed by atoms with E-state index < -0.39 is 0 Å². The van der Waals surface area contributed by atoms with Gasteiger partial charge in [0.1, 0.15) is 5.75 Å². The van der Waals surface area contributed by atoms with Gasteiger partial charge in [-0.25, -0.2) is 0 Å². The number of hydrogen-bond acceptors (Lipinski definition) is 4. The molecule has 26 heavy (non-hydrogen) atoms. The number of benzene rings is 1. The number of likely N-dealkylation sites (tertiary alicyclic amines) is 1. The van der Waals surface area contributed by atoms with Crippen LogP contribution in [0.2, 0.25) is 0 Å². The van der Waals surface area contributed by atoms with Crippen molar-refractivity contribution >= 4 is 5.91 Å². The fraction of sp³-hybridized carbons (Fsp3) is 0.667. The summed E-state index contributed by atoms with van der Waals surface area (Å²) in [6, 6.07) is 8.10. The van der Waals surface area contributed by atoms with Crippen LogP contribution < -0.4 is 4.74 Å². The van der Waals surface area contributed by atoms with Gasteiger partial charge in [0.25, 0.3) is 0 Å². The van der Waals surface area contributed by atoms with E-state index in [-0.39, 0.29) is 11.8 Å². The molecular formula is C21H32N2O3. The summed E-state index contributed by atoms with van der Waals surface area (Å²) in [5.41, 5.74) is 1.16. The molecule has 0 aliphatic carbocycles. The standard InChI is InChI=1S/C21H32N2O3/c1-22(16-17-7-10-23(11-8-17)12-14-25-2)21(24)19-9-13-26-20-6-4-3-5-18(20)15-19/h3-6,17,19H,7-16H2,1-2H3. The van der Waals surface area contributed by atoms with Gasteiger partial charge >= 0.3 is 0 Å². The van der Waals surface area contributed by atoms with Crippen LogP contribution in [-0.4, -0.2) is 69.3 Å². The van der Waals surface area contributed by atoms with Crippen molar-refractivity contribution in [1.82, 2.24) is 9.80 Å². The van der Waals surface area contributed by atoms with Gasteiger partial charge in [0, 0.05) is 33.2 Å². The minimum atomic E-state index is 0.0328. The van der Waals surface area contributed by atoms with Gasteiger partial charge in [0.05, 0.1) is 13.2 Å². The molecule has 1 saturated heterocycles. The lowest BCUT2D eigenvalue weighted by Crippen LogP contribution is -2.42. The molecule has 1 aromatic rings. The Morgan fingerprint density at radius 2 is 2.04 bits per heavy atom. The molecule has 1 atom stereocenters. The summed E-state index contributed by atoms with van der Waals surface area (Å²) < 4.78 is 11.0. The normalized spacial score (nSPS) is 21.5. The number of para-hydroxylation sites is 1. The van der Waals surface area contributed by atoms with Gasteiger partial charge in [-0.3, -0.25) is 4.79 Å². The Bertz CT molecular complexity index is 584. The van der Waals surface area contributed by atoms with Crippen LogP contribution in [0.4, 0.5) is 0 Å². The average molecular weight is 360 g/mol. The number of fused-ring (bicyclic) bond motifs is 1. The smallest absolute Gasteiger partial charge is 0.225 e. The predicted octanol–water partition coefficient (Wildman–Crippen LogP) is 2.44. The van der Waals surface area contributed by atoms with Crippen molar-refractivity contribution in [3.05, 3.63) is 29.8 Å². The highest BCUT2D eigenvalue weighted by molar-refractivity contribution is 5.79. The molecule has 5 nitrogen and oxygen atoms in total. The Morgan fingerprint density at radius 3 is 2.81 bits per heavy atom. The number of nitrogens with zero attached hydrogens (tertiary/aromatic N) is 2. The van der Waals surface area contributed by atoms with E-state index in [0.29, 0.717) is 12.5 Å². The Morgan fingerprint density at radius 1 is 1.27 bits per heavy atom. The lowest BCUT2D eigenvalue weighted by atomic mass is 9.93. The van der Waals surface area contributed by atoms with E-state index in [2.05, 4.69) is 11.0 Å². The first-order valence-corrected chi connectivity index (χ1v) is 9.84. The van der Waals surface area contributed by atoms with Crippen molar-refractivity contribution in [2.24, 2.45) is 11.8 Å². The summed E-state index contributed by atoms with van der Waals surface area (Å²) in [7, 11) is 3.72. The third kappa shape index (κ3) is 4.98. The van der Waals surface area contributed by atoms with E-state index >= 15 is 0 Å². The Kier molecular flexibility index (Phi) is 6.92. The summed E-state index contributed by atoms with van der Waals surface area (Å²) in [5, 5.41) is 0. The van der Waals surface area contributed by atoms with E-state index in [1.54, 1.807) is 7.11 Å². The van der Waals surface area contributed by atoms with E-state index in [1.165, 1.54) is 0 Å². The van der Waals surface area contributed by atoms with Crippen molar-refractivity contribution in [2.75, 3.05) is 53.6 Å². The van der Waals surface area contributed by atoms with E-state index in [0.717, 1.165) is 69.8 Å². The highest BCUT2D eigenvalue weighted by Crippen LogP contribution is 2.28. The van der Waals surface area contributed by atoms with Gasteiger partial charge < -0.3 is 19.3 Å². The van der Waals surface area contributed by atoms with Crippen LogP contribution >= 0.6 is 0 Å². The molecule has 0 saturated carbocycles. The molecule has 0 N–H and O–H groups in total. The minimum absolute atomic E-state index is 0.0328. The van der Waals surface area contributed by atoms with Crippen LogP contribution in [0.5, 0.6) is 5.75 Å². The molecule has 0 aromatic heterocycles. The van der Waals surface area contributed by atoms with Gasteiger partial charge in [0.2, 0.25) is 5.91 Å². The van der Waals surface area contributed by atoms with Crippen molar-refractivity contribution in [3.8, 4) is 5.75 Å². The second-order valence-corrected chi connectivity index (χ2v) is 7.64. The molecule has 144 valence electrons. The molecule has 0 radical (unpaired) electrons. The second-order valence-electron chi connectivity index (χ2n) is 7.64. The molecule has 2 aliphatic rings.